The van der Waals surface area contributed by atoms with Gasteiger partial charge in [0.2, 0.25) is 0 Å². The minimum Gasteiger partial charge on any atom is -0.504 e. The number of anilines is 1. The smallest absolute Gasteiger partial charge is 0.290 e. The Balaban J connectivity index is 0.00000181. The molecule has 0 saturated carbocycles. The fourth-order valence-corrected chi connectivity index (χ4v) is 5.62. The van der Waals surface area contributed by atoms with Gasteiger partial charge in [-0.1, -0.05) is 18.2 Å². The third-order valence-electron chi connectivity index (χ3n) is 8.03. The van der Waals surface area contributed by atoms with E-state index in [2.05, 4.69) is 21.3 Å². The first-order chi connectivity index (χ1) is 24.3. The molecule has 0 atom stereocenters. The van der Waals surface area contributed by atoms with Gasteiger partial charge in [0.25, 0.3) is 12.4 Å². The van der Waals surface area contributed by atoms with Crippen molar-refractivity contribution in [3.8, 4) is 45.9 Å². The molecule has 1 aliphatic heterocycles. The zero-order chi connectivity index (χ0) is 36.0. The van der Waals surface area contributed by atoms with Crippen LogP contribution in [-0.4, -0.2) is 64.0 Å². The van der Waals surface area contributed by atoms with Crippen molar-refractivity contribution in [3.63, 3.8) is 0 Å². The number of nitriles is 2. The molecule has 2 aromatic heterocycles. The highest BCUT2D eigenvalue weighted by Crippen LogP contribution is 2.42. The maximum atomic E-state index is 14.9. The van der Waals surface area contributed by atoms with E-state index in [-0.39, 0.29) is 30.2 Å². The van der Waals surface area contributed by atoms with Crippen LogP contribution in [0.25, 0.3) is 28.3 Å². The van der Waals surface area contributed by atoms with Crippen LogP contribution in [0.15, 0.2) is 67.0 Å². The third-order valence-corrected chi connectivity index (χ3v) is 8.03. The number of rotatable bonds is 10. The van der Waals surface area contributed by atoms with Gasteiger partial charge < -0.3 is 25.2 Å². The molecule has 1 amide bonds. The van der Waals surface area contributed by atoms with E-state index < -0.39 is 11.7 Å². The number of hydrogen-bond acceptors (Lipinski definition) is 11. The molecule has 13 nitrogen and oxygen atoms in total. The number of phenolic OH excluding ortho intramolecular Hbond substituents is 1. The summed E-state index contributed by atoms with van der Waals surface area (Å²) in [6, 6.07) is 17.4. The van der Waals surface area contributed by atoms with Gasteiger partial charge in [0.15, 0.2) is 11.5 Å². The Bertz CT molecular complexity index is 1930. The second-order valence-corrected chi connectivity index (χ2v) is 11.0. The Kier molecular flexibility index (Phi) is 12.9. The van der Waals surface area contributed by atoms with E-state index in [0.29, 0.717) is 64.7 Å². The van der Waals surface area contributed by atoms with E-state index in [1.54, 1.807) is 42.7 Å². The number of nitrogens with zero attached hydrogens (tertiary/aromatic N) is 5. The average Bonchev–Trinajstić information content (AvgIpc) is 3.14. The summed E-state index contributed by atoms with van der Waals surface area (Å²) in [6.07, 6.45) is 7.73. The Labute approximate surface area is 287 Å². The van der Waals surface area contributed by atoms with Crippen LogP contribution in [0.5, 0.6) is 11.5 Å². The Morgan fingerprint density at radius 2 is 1.84 bits per heavy atom. The van der Waals surface area contributed by atoms with Crippen molar-refractivity contribution in [3.05, 3.63) is 95.2 Å². The van der Waals surface area contributed by atoms with Gasteiger partial charge in [-0.25, -0.2) is 14.9 Å². The highest BCUT2D eigenvalue weighted by molar-refractivity contribution is 5.90. The predicted octanol–water partition coefficient (Wildman–Crippen LogP) is 4.58. The van der Waals surface area contributed by atoms with Crippen LogP contribution >= 0.6 is 0 Å². The number of methoxy groups -OCH3 is 1. The van der Waals surface area contributed by atoms with Crippen molar-refractivity contribution in [2.75, 3.05) is 25.1 Å². The minimum atomic E-state index is -0.669. The molecule has 0 unspecified atom stereocenters. The number of aromatic nitrogens is 2. The van der Waals surface area contributed by atoms with E-state index in [4.69, 9.17) is 24.8 Å². The van der Waals surface area contributed by atoms with Crippen LogP contribution in [0, 0.1) is 28.5 Å². The van der Waals surface area contributed by atoms with Crippen molar-refractivity contribution < 1.29 is 34.1 Å². The lowest BCUT2D eigenvalue weighted by atomic mass is 9.89. The largest absolute Gasteiger partial charge is 0.504 e. The molecule has 5 N–H and O–H groups in total. The van der Waals surface area contributed by atoms with Gasteiger partial charge in [0.1, 0.15) is 17.7 Å². The molecule has 0 spiro atoms. The van der Waals surface area contributed by atoms with Gasteiger partial charge in [-0.2, -0.15) is 10.5 Å². The van der Waals surface area contributed by atoms with Crippen LogP contribution in [0.3, 0.4) is 0 Å². The first kappa shape index (κ1) is 36.5. The number of halogens is 1. The maximum absolute atomic E-state index is 14.9. The first-order valence-electron chi connectivity index (χ1n) is 15.4. The minimum absolute atomic E-state index is 0.0102. The van der Waals surface area contributed by atoms with Crippen LogP contribution < -0.4 is 20.4 Å². The zero-order valence-corrected chi connectivity index (χ0v) is 27.0. The van der Waals surface area contributed by atoms with E-state index >= 15 is 0 Å². The Hall–Kier alpha value is -6.35. The SMILES string of the molecule is COc1ccc(-c2cnc(N3CCC(NCc4ccc(/C=C/C(=O)NO)nc4)CC3)c(CC#N)c2-c2ccc(C#N)c(F)c2)cc1O.O=CO. The molecule has 0 bridgehead atoms. The number of nitrogens with one attached hydrogen (secondary N) is 2. The summed E-state index contributed by atoms with van der Waals surface area (Å²) < 4.78 is 20.1. The van der Waals surface area contributed by atoms with Crippen LogP contribution in [0.1, 0.15) is 35.2 Å². The van der Waals surface area contributed by atoms with E-state index in [0.717, 1.165) is 18.4 Å². The Morgan fingerprint density at radius 3 is 2.44 bits per heavy atom. The van der Waals surface area contributed by atoms with Crippen molar-refractivity contribution in [1.29, 1.82) is 10.5 Å². The number of phenols is 1. The fraction of sp³-hybridized carbons (Fsp3) is 0.222. The second kappa shape index (κ2) is 17.7. The number of carbonyl (C=O) groups excluding carboxylic acids is 1. The van der Waals surface area contributed by atoms with Crippen molar-refractivity contribution >= 4 is 24.3 Å². The average molecular weight is 680 g/mol. The summed E-state index contributed by atoms with van der Waals surface area (Å²) >= 11 is 0. The molecular formula is C36H34FN7O6. The molecule has 5 rings (SSSR count). The van der Waals surface area contributed by atoms with Gasteiger partial charge in [-0.15, -0.1) is 0 Å². The lowest BCUT2D eigenvalue weighted by Gasteiger charge is -2.35. The monoisotopic (exact) mass is 679 g/mol. The summed E-state index contributed by atoms with van der Waals surface area (Å²) in [5.74, 6) is -0.441. The van der Waals surface area contributed by atoms with Crippen molar-refractivity contribution in [1.82, 2.24) is 20.8 Å². The number of ether oxygens (including phenoxy) is 1. The molecule has 1 aliphatic rings. The number of benzene rings is 2. The van der Waals surface area contributed by atoms with Gasteiger partial charge in [0.05, 0.1) is 30.9 Å². The topological polar surface area (TPSA) is 205 Å². The highest BCUT2D eigenvalue weighted by atomic mass is 19.1. The number of hydrogen-bond donors (Lipinski definition) is 5. The van der Waals surface area contributed by atoms with Crippen LogP contribution in [0.2, 0.25) is 0 Å². The molecule has 0 radical (unpaired) electrons. The number of carbonyl (C=O) groups is 2. The quantitative estimate of drug-likeness (QED) is 0.0676. The molecule has 50 heavy (non-hydrogen) atoms. The normalized spacial score (nSPS) is 12.7. The summed E-state index contributed by atoms with van der Waals surface area (Å²) in [5, 5.41) is 48.8. The number of aromatic hydroxyl groups is 1. The zero-order valence-electron chi connectivity index (χ0n) is 27.0. The molecule has 0 aliphatic carbocycles. The van der Waals surface area contributed by atoms with Crippen molar-refractivity contribution in [2.45, 2.75) is 31.8 Å². The van der Waals surface area contributed by atoms with Gasteiger partial charge in [0, 0.05) is 55.3 Å². The summed E-state index contributed by atoms with van der Waals surface area (Å²) in [4.78, 5) is 30.8. The molecule has 1 fully saturated rings. The Morgan fingerprint density at radius 1 is 1.10 bits per heavy atom. The van der Waals surface area contributed by atoms with E-state index in [1.807, 2.05) is 12.1 Å². The van der Waals surface area contributed by atoms with Gasteiger partial charge in [-0.05, 0) is 71.5 Å². The summed E-state index contributed by atoms with van der Waals surface area (Å²) in [6.45, 7) is 1.69. The lowest BCUT2D eigenvalue weighted by Crippen LogP contribution is -2.43. The first-order valence-corrected chi connectivity index (χ1v) is 15.4. The number of amides is 1. The second-order valence-electron chi connectivity index (χ2n) is 11.0. The predicted molar refractivity (Wildman–Crippen MR) is 181 cm³/mol. The molecular weight excluding hydrogens is 645 g/mol. The number of carboxylic acid groups (broad SMARTS) is 1. The van der Waals surface area contributed by atoms with Gasteiger partial charge in [-0.3, -0.25) is 19.8 Å². The maximum Gasteiger partial charge on any atom is 0.290 e. The van der Waals surface area contributed by atoms with Crippen molar-refractivity contribution in [2.24, 2.45) is 0 Å². The van der Waals surface area contributed by atoms with E-state index in [9.17, 15) is 24.8 Å². The highest BCUT2D eigenvalue weighted by Gasteiger charge is 2.26. The number of piperidine rings is 1. The number of pyridine rings is 2. The van der Waals surface area contributed by atoms with Crippen LogP contribution in [-0.2, 0) is 22.6 Å². The molecule has 1 saturated heterocycles. The molecule has 14 heteroatoms. The number of hydroxylamine groups is 1. The summed E-state index contributed by atoms with van der Waals surface area (Å²) in [7, 11) is 1.46. The molecule has 4 aromatic rings. The van der Waals surface area contributed by atoms with Gasteiger partial charge >= 0.3 is 0 Å². The third kappa shape index (κ3) is 8.96. The molecule has 3 heterocycles. The molecule has 2 aromatic carbocycles. The lowest BCUT2D eigenvalue weighted by molar-refractivity contribution is -0.124. The molecule has 256 valence electrons. The van der Waals surface area contributed by atoms with Crippen LogP contribution in [0.4, 0.5) is 10.2 Å². The van der Waals surface area contributed by atoms with E-state index in [1.165, 1.54) is 36.9 Å². The standard InChI is InChI=1S/C35H32FN7O4.CH2O2/c1-47-32-8-5-23(17-31(32)44)29-21-41-35(28(10-13-37)34(29)24-3-4-25(18-38)30(36)16-24)43-14-11-27(12-15-43)40-20-22-2-6-26(39-19-22)7-9-33(45)42-46;2-1-3/h2-9,16-17,19,21,27,40,44,46H,10-12,14-15,20H2,1H3,(H,42,45);1H,(H,2,3)/b9-7+;. The fourth-order valence-electron chi connectivity index (χ4n) is 5.62. The summed E-state index contributed by atoms with van der Waals surface area (Å²) in [5.41, 5.74) is 5.96.